The van der Waals surface area contributed by atoms with Gasteiger partial charge in [-0.05, 0) is 49.2 Å². The fourth-order valence-corrected chi connectivity index (χ4v) is 4.88. The second-order valence-corrected chi connectivity index (χ2v) is 8.43. The van der Waals surface area contributed by atoms with E-state index in [9.17, 15) is 22.0 Å². The molecule has 0 atom stereocenters. The molecule has 0 bridgehead atoms. The molecule has 1 fully saturated rings. The van der Waals surface area contributed by atoms with Gasteiger partial charge in [0.25, 0.3) is 5.91 Å². The number of sulfonamides is 1. The minimum Gasteiger partial charge on any atom is -0.435 e. The highest BCUT2D eigenvalue weighted by Gasteiger charge is 2.29. The van der Waals surface area contributed by atoms with E-state index in [0.717, 1.165) is 12.8 Å². The van der Waals surface area contributed by atoms with Crippen molar-refractivity contribution < 1.29 is 26.7 Å². The fraction of sp³-hybridized carbons (Fsp3) is 0.278. The lowest BCUT2D eigenvalue weighted by Gasteiger charge is -2.17. The maximum absolute atomic E-state index is 12.8. The van der Waals surface area contributed by atoms with Crippen LogP contribution in [0, 0.1) is 0 Å². The van der Waals surface area contributed by atoms with Gasteiger partial charge in [0.2, 0.25) is 10.0 Å². The van der Waals surface area contributed by atoms with Gasteiger partial charge in [-0.25, -0.2) is 8.42 Å². The molecular formula is C18H17ClF2N2O4S. The summed E-state index contributed by atoms with van der Waals surface area (Å²) in [6.45, 7) is -2.16. The Labute approximate surface area is 166 Å². The molecule has 0 spiro atoms. The smallest absolute Gasteiger partial charge is 0.387 e. The molecule has 2 aromatic carbocycles. The number of nitrogens with one attached hydrogen (secondary N) is 1. The molecule has 3 rings (SSSR count). The Morgan fingerprint density at radius 1 is 1.14 bits per heavy atom. The number of carbonyl (C=O) groups excluding carboxylic acids is 1. The van der Waals surface area contributed by atoms with Crippen molar-refractivity contribution in [2.75, 3.05) is 18.4 Å². The maximum Gasteiger partial charge on any atom is 0.387 e. The molecule has 2 aromatic rings. The van der Waals surface area contributed by atoms with Crippen LogP contribution in [-0.4, -0.2) is 38.3 Å². The number of nitrogens with zero attached hydrogens (tertiary/aromatic N) is 1. The van der Waals surface area contributed by atoms with Crippen molar-refractivity contribution in [3.63, 3.8) is 0 Å². The molecule has 0 unspecified atom stereocenters. The predicted octanol–water partition coefficient (Wildman–Crippen LogP) is 3.98. The van der Waals surface area contributed by atoms with E-state index in [0.29, 0.717) is 13.1 Å². The van der Waals surface area contributed by atoms with Gasteiger partial charge >= 0.3 is 6.61 Å². The van der Waals surface area contributed by atoms with Gasteiger partial charge in [-0.2, -0.15) is 13.1 Å². The minimum absolute atomic E-state index is 0.0530. The Bertz CT molecular complexity index is 979. The maximum atomic E-state index is 12.8. The molecule has 150 valence electrons. The van der Waals surface area contributed by atoms with Crippen molar-refractivity contribution in [2.24, 2.45) is 0 Å². The van der Waals surface area contributed by atoms with E-state index < -0.39 is 22.5 Å². The standard InChI is InChI=1S/C18H17ClF2N2O4S/c19-15-7-6-13(11-16(15)28(25,26)23-8-1-2-9-23)22-17(24)12-4-3-5-14(10-12)27-18(20)21/h3-7,10-11,18H,1-2,8-9H2,(H,22,24). The Balaban J connectivity index is 1.82. The van der Waals surface area contributed by atoms with Gasteiger partial charge in [0.1, 0.15) is 10.6 Å². The predicted molar refractivity (Wildman–Crippen MR) is 100 cm³/mol. The van der Waals surface area contributed by atoms with Crippen LogP contribution in [-0.2, 0) is 10.0 Å². The highest BCUT2D eigenvalue weighted by atomic mass is 35.5. The Morgan fingerprint density at radius 2 is 1.86 bits per heavy atom. The zero-order chi connectivity index (χ0) is 20.3. The third-order valence-electron chi connectivity index (χ3n) is 4.19. The van der Waals surface area contributed by atoms with Crippen LogP contribution in [0.1, 0.15) is 23.2 Å². The fourth-order valence-electron chi connectivity index (χ4n) is 2.86. The second kappa shape index (κ2) is 8.42. The molecule has 1 N–H and O–H groups in total. The van der Waals surface area contributed by atoms with Crippen LogP contribution in [0.3, 0.4) is 0 Å². The van der Waals surface area contributed by atoms with Crippen LogP contribution >= 0.6 is 11.6 Å². The summed E-state index contributed by atoms with van der Waals surface area (Å²) in [5.74, 6) is -0.761. The SMILES string of the molecule is O=C(Nc1ccc(Cl)c(S(=O)(=O)N2CCCC2)c1)c1cccc(OC(F)F)c1. The molecule has 0 radical (unpaired) electrons. The Morgan fingerprint density at radius 3 is 2.54 bits per heavy atom. The van der Waals surface area contributed by atoms with Crippen molar-refractivity contribution in [3.05, 3.63) is 53.1 Å². The summed E-state index contributed by atoms with van der Waals surface area (Å²) in [5.41, 5.74) is 0.296. The van der Waals surface area contributed by atoms with Gasteiger partial charge in [-0.3, -0.25) is 4.79 Å². The zero-order valence-corrected chi connectivity index (χ0v) is 16.1. The molecule has 0 aromatic heterocycles. The first-order valence-corrected chi connectivity index (χ1v) is 10.2. The van der Waals surface area contributed by atoms with E-state index >= 15 is 0 Å². The molecule has 6 nitrogen and oxygen atoms in total. The number of benzene rings is 2. The zero-order valence-electron chi connectivity index (χ0n) is 14.6. The first-order valence-electron chi connectivity index (χ1n) is 8.43. The largest absolute Gasteiger partial charge is 0.435 e. The van der Waals surface area contributed by atoms with Crippen LogP contribution in [0.15, 0.2) is 47.4 Å². The molecule has 1 amide bonds. The summed E-state index contributed by atoms with van der Waals surface area (Å²) < 4.78 is 55.8. The van der Waals surface area contributed by atoms with Crippen molar-refractivity contribution >= 4 is 33.2 Å². The average Bonchev–Trinajstić information content (AvgIpc) is 3.18. The average molecular weight is 431 g/mol. The van der Waals surface area contributed by atoms with Crippen molar-refractivity contribution in [3.8, 4) is 5.75 Å². The van der Waals surface area contributed by atoms with Crippen LogP contribution < -0.4 is 10.1 Å². The summed E-state index contributed by atoms with van der Waals surface area (Å²) in [5, 5.41) is 2.60. The number of hydrogen-bond acceptors (Lipinski definition) is 4. The summed E-state index contributed by atoms with van der Waals surface area (Å²) in [6, 6.07) is 9.42. The topological polar surface area (TPSA) is 75.7 Å². The van der Waals surface area contributed by atoms with E-state index in [1.807, 2.05) is 0 Å². The summed E-state index contributed by atoms with van der Waals surface area (Å²) in [4.78, 5) is 12.3. The number of ether oxygens (including phenoxy) is 1. The minimum atomic E-state index is -3.77. The van der Waals surface area contributed by atoms with Crippen molar-refractivity contribution in [1.82, 2.24) is 4.31 Å². The number of amides is 1. The molecular weight excluding hydrogens is 414 g/mol. The molecule has 0 saturated carbocycles. The van der Waals surface area contributed by atoms with E-state index in [2.05, 4.69) is 10.1 Å². The molecule has 10 heteroatoms. The number of rotatable bonds is 6. The van der Waals surface area contributed by atoms with Crippen LogP contribution in [0.5, 0.6) is 5.75 Å². The lowest BCUT2D eigenvalue weighted by atomic mass is 10.2. The van der Waals surface area contributed by atoms with E-state index in [1.165, 1.54) is 46.8 Å². The Hall–Kier alpha value is -2.23. The number of hydrogen-bond donors (Lipinski definition) is 1. The third kappa shape index (κ3) is 4.60. The van der Waals surface area contributed by atoms with Crippen molar-refractivity contribution in [2.45, 2.75) is 24.3 Å². The number of alkyl halides is 2. The number of carbonyl (C=O) groups is 1. The highest BCUT2D eigenvalue weighted by Crippen LogP contribution is 2.30. The van der Waals surface area contributed by atoms with Gasteiger partial charge < -0.3 is 10.1 Å². The van der Waals surface area contributed by atoms with E-state index in [-0.39, 0.29) is 26.9 Å². The Kier molecular flexibility index (Phi) is 6.17. The molecule has 1 saturated heterocycles. The first kappa shape index (κ1) is 20.5. The molecule has 28 heavy (non-hydrogen) atoms. The van der Waals surface area contributed by atoms with Gasteiger partial charge in [0, 0.05) is 24.3 Å². The quantitative estimate of drug-likeness (QED) is 0.752. The summed E-state index contributed by atoms with van der Waals surface area (Å²) in [6.07, 6.45) is 1.56. The summed E-state index contributed by atoms with van der Waals surface area (Å²) >= 11 is 6.08. The van der Waals surface area contributed by atoms with Crippen LogP contribution in [0.2, 0.25) is 5.02 Å². The third-order valence-corrected chi connectivity index (χ3v) is 6.57. The number of anilines is 1. The van der Waals surface area contributed by atoms with Crippen LogP contribution in [0.4, 0.5) is 14.5 Å². The second-order valence-electron chi connectivity index (χ2n) is 6.12. The highest BCUT2D eigenvalue weighted by molar-refractivity contribution is 7.89. The lowest BCUT2D eigenvalue weighted by molar-refractivity contribution is -0.0498. The van der Waals surface area contributed by atoms with Gasteiger partial charge in [-0.15, -0.1) is 0 Å². The lowest BCUT2D eigenvalue weighted by Crippen LogP contribution is -2.28. The molecule has 1 aliphatic heterocycles. The molecule has 1 aliphatic rings. The molecule has 1 heterocycles. The van der Waals surface area contributed by atoms with Gasteiger partial charge in [0.05, 0.1) is 5.02 Å². The van der Waals surface area contributed by atoms with Crippen molar-refractivity contribution in [1.29, 1.82) is 0 Å². The van der Waals surface area contributed by atoms with Crippen LogP contribution in [0.25, 0.3) is 0 Å². The van der Waals surface area contributed by atoms with E-state index in [1.54, 1.807) is 0 Å². The first-order chi connectivity index (χ1) is 13.3. The number of halogens is 3. The van der Waals surface area contributed by atoms with Gasteiger partial charge in [0.15, 0.2) is 0 Å². The molecule has 0 aliphatic carbocycles. The monoisotopic (exact) mass is 430 g/mol. The van der Waals surface area contributed by atoms with Gasteiger partial charge in [-0.1, -0.05) is 17.7 Å². The summed E-state index contributed by atoms with van der Waals surface area (Å²) in [7, 11) is -3.77. The van der Waals surface area contributed by atoms with E-state index in [4.69, 9.17) is 11.6 Å². The normalized spacial score (nSPS) is 15.0.